The minimum absolute atomic E-state index is 0.0134. The van der Waals surface area contributed by atoms with Crippen LogP contribution in [0.2, 0.25) is 0 Å². The molecule has 1 atom stereocenters. The highest BCUT2D eigenvalue weighted by molar-refractivity contribution is 9.10. The van der Waals surface area contributed by atoms with Gasteiger partial charge >= 0.3 is 0 Å². The summed E-state index contributed by atoms with van der Waals surface area (Å²) in [6.45, 7) is 0.641. The second-order valence-electron chi connectivity index (χ2n) is 5.75. The van der Waals surface area contributed by atoms with Crippen LogP contribution in [0.15, 0.2) is 46.9 Å². The number of likely N-dealkylation sites (tertiary alicyclic amines) is 1. The van der Waals surface area contributed by atoms with E-state index in [1.807, 2.05) is 6.07 Å². The SMILES string of the molecule is O=C(c1cc(F)ccc1Br)N1CCCC1Cc1cccc(F)c1. The minimum atomic E-state index is -0.433. The van der Waals surface area contributed by atoms with E-state index in [0.717, 1.165) is 18.4 Å². The van der Waals surface area contributed by atoms with Crippen molar-refractivity contribution in [3.05, 3.63) is 69.7 Å². The molecule has 0 radical (unpaired) electrons. The van der Waals surface area contributed by atoms with Gasteiger partial charge in [0.05, 0.1) is 5.56 Å². The van der Waals surface area contributed by atoms with Crippen molar-refractivity contribution in [3.8, 4) is 0 Å². The molecule has 2 nitrogen and oxygen atoms in total. The predicted octanol–water partition coefficient (Wildman–Crippen LogP) is 4.57. The third-order valence-corrected chi connectivity index (χ3v) is 4.85. The first-order valence-electron chi connectivity index (χ1n) is 7.55. The normalized spacial score (nSPS) is 17.5. The summed E-state index contributed by atoms with van der Waals surface area (Å²) in [5.74, 6) is -0.890. The first-order valence-corrected chi connectivity index (χ1v) is 8.34. The van der Waals surface area contributed by atoms with E-state index < -0.39 is 5.82 Å². The van der Waals surface area contributed by atoms with Crippen molar-refractivity contribution >= 4 is 21.8 Å². The number of carbonyl (C=O) groups is 1. The average Bonchev–Trinajstić information content (AvgIpc) is 2.97. The zero-order chi connectivity index (χ0) is 16.4. The van der Waals surface area contributed by atoms with E-state index in [1.165, 1.54) is 24.3 Å². The highest BCUT2D eigenvalue weighted by Crippen LogP contribution is 2.26. The van der Waals surface area contributed by atoms with Crippen molar-refractivity contribution < 1.29 is 13.6 Å². The lowest BCUT2D eigenvalue weighted by Crippen LogP contribution is -2.37. The molecule has 1 aliphatic rings. The van der Waals surface area contributed by atoms with Gasteiger partial charge in [-0.25, -0.2) is 8.78 Å². The molecule has 1 heterocycles. The van der Waals surface area contributed by atoms with Gasteiger partial charge in [0.25, 0.3) is 5.91 Å². The molecule has 0 spiro atoms. The monoisotopic (exact) mass is 379 g/mol. The molecule has 1 fully saturated rings. The van der Waals surface area contributed by atoms with Gasteiger partial charge in [-0.15, -0.1) is 0 Å². The Hall–Kier alpha value is -1.75. The van der Waals surface area contributed by atoms with Crippen LogP contribution in [0.3, 0.4) is 0 Å². The lowest BCUT2D eigenvalue weighted by atomic mass is 10.0. The number of hydrogen-bond acceptors (Lipinski definition) is 1. The Kier molecular flexibility index (Phi) is 4.76. The van der Waals surface area contributed by atoms with E-state index in [2.05, 4.69) is 15.9 Å². The van der Waals surface area contributed by atoms with Gasteiger partial charge in [0, 0.05) is 17.1 Å². The number of halogens is 3. The number of amides is 1. The number of nitrogens with zero attached hydrogens (tertiary/aromatic N) is 1. The van der Waals surface area contributed by atoms with Crippen molar-refractivity contribution in [1.29, 1.82) is 0 Å². The van der Waals surface area contributed by atoms with Crippen LogP contribution in [0.1, 0.15) is 28.8 Å². The highest BCUT2D eigenvalue weighted by atomic mass is 79.9. The minimum Gasteiger partial charge on any atom is -0.335 e. The van der Waals surface area contributed by atoms with E-state index in [-0.39, 0.29) is 17.8 Å². The molecular weight excluding hydrogens is 364 g/mol. The second kappa shape index (κ2) is 6.79. The molecule has 1 saturated heterocycles. The zero-order valence-corrected chi connectivity index (χ0v) is 14.0. The van der Waals surface area contributed by atoms with Crippen LogP contribution in [0.4, 0.5) is 8.78 Å². The number of benzene rings is 2. The lowest BCUT2D eigenvalue weighted by Gasteiger charge is -2.25. The molecule has 1 aliphatic heterocycles. The summed E-state index contributed by atoms with van der Waals surface area (Å²) in [7, 11) is 0. The summed E-state index contributed by atoms with van der Waals surface area (Å²) in [5.41, 5.74) is 1.20. The fourth-order valence-electron chi connectivity index (χ4n) is 3.07. The van der Waals surface area contributed by atoms with Crippen molar-refractivity contribution in [3.63, 3.8) is 0 Å². The largest absolute Gasteiger partial charge is 0.335 e. The number of rotatable bonds is 3. The van der Waals surface area contributed by atoms with E-state index >= 15 is 0 Å². The predicted molar refractivity (Wildman–Crippen MR) is 88.3 cm³/mol. The fraction of sp³-hybridized carbons (Fsp3) is 0.278. The fourth-order valence-corrected chi connectivity index (χ4v) is 3.48. The standard InChI is InChI=1S/C18H16BrF2NO/c19-17-7-6-14(21)11-16(17)18(23)22-8-2-5-15(22)10-12-3-1-4-13(20)9-12/h1,3-4,6-7,9,11,15H,2,5,8,10H2. The van der Waals surface area contributed by atoms with E-state index in [9.17, 15) is 13.6 Å². The Morgan fingerprint density at radius 2 is 1.96 bits per heavy atom. The second-order valence-corrected chi connectivity index (χ2v) is 6.61. The molecule has 1 unspecified atom stereocenters. The third kappa shape index (κ3) is 3.61. The molecule has 2 aromatic rings. The maximum atomic E-state index is 13.4. The van der Waals surface area contributed by atoms with Gasteiger partial charge < -0.3 is 4.90 Å². The molecule has 3 rings (SSSR count). The summed E-state index contributed by atoms with van der Waals surface area (Å²) >= 11 is 3.31. The maximum absolute atomic E-state index is 13.4. The van der Waals surface area contributed by atoms with E-state index in [1.54, 1.807) is 17.0 Å². The molecule has 5 heteroatoms. The number of carbonyl (C=O) groups excluding carboxylic acids is 1. The summed E-state index contributed by atoms with van der Waals surface area (Å²) < 4.78 is 27.4. The molecule has 0 saturated carbocycles. The van der Waals surface area contributed by atoms with Crippen LogP contribution >= 0.6 is 15.9 Å². The summed E-state index contributed by atoms with van der Waals surface area (Å²) in [4.78, 5) is 14.5. The molecule has 0 bridgehead atoms. The van der Waals surface area contributed by atoms with Gasteiger partial charge in [-0.3, -0.25) is 4.79 Å². The topological polar surface area (TPSA) is 20.3 Å². The van der Waals surface area contributed by atoms with Crippen molar-refractivity contribution in [2.24, 2.45) is 0 Å². The van der Waals surface area contributed by atoms with Crippen molar-refractivity contribution in [2.75, 3.05) is 6.54 Å². The van der Waals surface area contributed by atoms with Crippen LogP contribution < -0.4 is 0 Å². The van der Waals surface area contributed by atoms with Crippen molar-refractivity contribution in [1.82, 2.24) is 4.90 Å². The van der Waals surface area contributed by atoms with Gasteiger partial charge in [0.15, 0.2) is 0 Å². The molecule has 120 valence electrons. The van der Waals surface area contributed by atoms with Gasteiger partial charge in [0.2, 0.25) is 0 Å². The Morgan fingerprint density at radius 3 is 2.74 bits per heavy atom. The highest BCUT2D eigenvalue weighted by Gasteiger charge is 2.30. The summed E-state index contributed by atoms with van der Waals surface area (Å²) in [5, 5.41) is 0. The third-order valence-electron chi connectivity index (χ3n) is 4.16. The molecule has 23 heavy (non-hydrogen) atoms. The first-order chi connectivity index (χ1) is 11.0. The van der Waals surface area contributed by atoms with Crippen LogP contribution in [-0.2, 0) is 6.42 Å². The quantitative estimate of drug-likeness (QED) is 0.764. The molecule has 1 amide bonds. The van der Waals surface area contributed by atoms with Gasteiger partial charge in [-0.05, 0) is 71.1 Å². The maximum Gasteiger partial charge on any atom is 0.255 e. The lowest BCUT2D eigenvalue weighted by molar-refractivity contribution is 0.0735. The Balaban J connectivity index is 1.81. The Labute approximate surface area is 142 Å². The smallest absolute Gasteiger partial charge is 0.255 e. The van der Waals surface area contributed by atoms with Crippen LogP contribution in [0, 0.1) is 11.6 Å². The zero-order valence-electron chi connectivity index (χ0n) is 12.4. The first kappa shape index (κ1) is 16.1. The molecular formula is C18H16BrF2NO. The van der Waals surface area contributed by atoms with E-state index in [4.69, 9.17) is 0 Å². The molecule has 0 aliphatic carbocycles. The van der Waals surface area contributed by atoms with E-state index in [0.29, 0.717) is 23.0 Å². The van der Waals surface area contributed by atoms with Crippen LogP contribution in [0.25, 0.3) is 0 Å². The Morgan fingerprint density at radius 1 is 1.17 bits per heavy atom. The summed E-state index contributed by atoms with van der Waals surface area (Å²) in [6, 6.07) is 10.6. The van der Waals surface area contributed by atoms with Crippen LogP contribution in [-0.4, -0.2) is 23.4 Å². The van der Waals surface area contributed by atoms with Gasteiger partial charge in [-0.2, -0.15) is 0 Å². The molecule has 0 aromatic heterocycles. The number of hydrogen-bond donors (Lipinski definition) is 0. The Bertz CT molecular complexity index is 735. The van der Waals surface area contributed by atoms with Gasteiger partial charge in [-0.1, -0.05) is 12.1 Å². The van der Waals surface area contributed by atoms with Crippen LogP contribution in [0.5, 0.6) is 0 Å². The molecule has 0 N–H and O–H groups in total. The van der Waals surface area contributed by atoms with Gasteiger partial charge in [0.1, 0.15) is 11.6 Å². The van der Waals surface area contributed by atoms with Crippen molar-refractivity contribution in [2.45, 2.75) is 25.3 Å². The average molecular weight is 380 g/mol. The summed E-state index contributed by atoms with van der Waals surface area (Å²) in [6.07, 6.45) is 2.38. The molecule has 2 aromatic carbocycles.